The number of aromatic nitrogens is 3. The molecule has 3 heterocycles. The summed E-state index contributed by atoms with van der Waals surface area (Å²) in [6.45, 7) is 4.52. The van der Waals surface area contributed by atoms with Gasteiger partial charge >= 0.3 is 0 Å². The van der Waals surface area contributed by atoms with Gasteiger partial charge in [0.05, 0.1) is 22.7 Å². The second-order valence-electron chi connectivity index (χ2n) is 9.73. The molecule has 0 amide bonds. The first kappa shape index (κ1) is 21.8. The summed E-state index contributed by atoms with van der Waals surface area (Å²) < 4.78 is 4.28. The Balaban J connectivity index is 1.41. The van der Waals surface area contributed by atoms with E-state index in [-0.39, 0.29) is 0 Å². The number of hydrogen-bond acceptors (Lipinski definition) is 4. The molecule has 2 fully saturated rings. The van der Waals surface area contributed by atoms with Crippen molar-refractivity contribution in [2.45, 2.75) is 37.8 Å². The van der Waals surface area contributed by atoms with Crippen LogP contribution in [-0.2, 0) is 7.05 Å². The zero-order valence-electron chi connectivity index (χ0n) is 19.6. The summed E-state index contributed by atoms with van der Waals surface area (Å²) in [5.74, 6) is 0. The molecule has 1 aliphatic heterocycles. The summed E-state index contributed by atoms with van der Waals surface area (Å²) in [5.41, 5.74) is 5.97. The van der Waals surface area contributed by atoms with Crippen LogP contribution in [0.3, 0.4) is 0 Å². The van der Waals surface area contributed by atoms with E-state index in [4.69, 9.17) is 22.0 Å². The first-order chi connectivity index (χ1) is 16.6. The molecule has 0 radical (unpaired) electrons. The number of pyridine rings is 1. The maximum atomic E-state index is 8.99. The zero-order valence-corrected chi connectivity index (χ0v) is 20.4. The van der Waals surface area contributed by atoms with E-state index in [1.807, 2.05) is 29.9 Å². The van der Waals surface area contributed by atoms with E-state index < -0.39 is 0 Å². The van der Waals surface area contributed by atoms with Crippen LogP contribution in [0.2, 0.25) is 5.02 Å². The van der Waals surface area contributed by atoms with E-state index in [1.165, 1.54) is 12.8 Å². The molecule has 0 atom stereocenters. The van der Waals surface area contributed by atoms with Crippen molar-refractivity contribution in [1.82, 2.24) is 24.3 Å². The lowest BCUT2D eigenvalue weighted by molar-refractivity contribution is 0.123. The van der Waals surface area contributed by atoms with Crippen LogP contribution < -0.4 is 10.9 Å². The number of rotatable bonds is 3. The highest BCUT2D eigenvalue weighted by Crippen LogP contribution is 2.35. The summed E-state index contributed by atoms with van der Waals surface area (Å²) in [6, 6.07) is 15.5. The SMILES string of the molecule is Cn1c(=N)n(C2CCC(N3CCNCC3)CC2)c2c3cc(-c4ccc(Cl)cc4)ccc3ncc21. The van der Waals surface area contributed by atoms with Gasteiger partial charge in [-0.05, 0) is 61.1 Å². The van der Waals surface area contributed by atoms with Crippen LogP contribution in [0.15, 0.2) is 48.7 Å². The van der Waals surface area contributed by atoms with Gasteiger partial charge in [-0.25, -0.2) is 0 Å². The molecule has 6 nitrogen and oxygen atoms in total. The molecular formula is C27H31ClN6. The van der Waals surface area contributed by atoms with Crippen molar-refractivity contribution >= 4 is 33.5 Å². The fraction of sp³-hybridized carbons (Fsp3) is 0.407. The Morgan fingerprint density at radius 1 is 0.941 bits per heavy atom. The van der Waals surface area contributed by atoms with Gasteiger partial charge in [-0.1, -0.05) is 29.8 Å². The number of fused-ring (bicyclic) bond motifs is 3. The van der Waals surface area contributed by atoms with Gasteiger partial charge in [0.25, 0.3) is 0 Å². The fourth-order valence-corrected chi connectivity index (χ4v) is 6.08. The molecule has 1 saturated heterocycles. The van der Waals surface area contributed by atoms with Crippen molar-refractivity contribution in [3.63, 3.8) is 0 Å². The maximum Gasteiger partial charge on any atom is 0.203 e. The molecule has 2 aliphatic rings. The van der Waals surface area contributed by atoms with Crippen molar-refractivity contribution in [2.24, 2.45) is 7.05 Å². The lowest BCUT2D eigenvalue weighted by Gasteiger charge is -2.39. The third-order valence-corrected chi connectivity index (χ3v) is 8.10. The van der Waals surface area contributed by atoms with Crippen molar-refractivity contribution < 1.29 is 0 Å². The summed E-state index contributed by atoms with van der Waals surface area (Å²) in [4.78, 5) is 7.41. The molecule has 7 heteroatoms. The number of hydrogen-bond donors (Lipinski definition) is 2. The Bertz CT molecular complexity index is 1390. The fourth-order valence-electron chi connectivity index (χ4n) is 5.95. The van der Waals surface area contributed by atoms with Gasteiger partial charge < -0.3 is 14.5 Å². The number of imidazole rings is 1. The third kappa shape index (κ3) is 3.74. The van der Waals surface area contributed by atoms with Crippen molar-refractivity contribution in [2.75, 3.05) is 26.2 Å². The summed E-state index contributed by atoms with van der Waals surface area (Å²) in [5, 5.41) is 14.3. The van der Waals surface area contributed by atoms with Gasteiger partial charge in [0.2, 0.25) is 5.62 Å². The largest absolute Gasteiger partial charge is 0.314 e. The number of benzene rings is 2. The van der Waals surface area contributed by atoms with E-state index >= 15 is 0 Å². The molecule has 2 aromatic carbocycles. The Morgan fingerprint density at radius 2 is 1.62 bits per heavy atom. The Kier molecular flexibility index (Phi) is 5.68. The van der Waals surface area contributed by atoms with E-state index in [2.05, 4.69) is 45.1 Å². The topological polar surface area (TPSA) is 61.9 Å². The van der Waals surface area contributed by atoms with Crippen molar-refractivity contribution in [3.8, 4) is 11.1 Å². The van der Waals surface area contributed by atoms with E-state index in [9.17, 15) is 0 Å². The highest BCUT2D eigenvalue weighted by atomic mass is 35.5. The lowest BCUT2D eigenvalue weighted by Crippen LogP contribution is -2.49. The van der Waals surface area contributed by atoms with Crippen LogP contribution in [0.5, 0.6) is 0 Å². The summed E-state index contributed by atoms with van der Waals surface area (Å²) >= 11 is 6.12. The monoisotopic (exact) mass is 474 g/mol. The van der Waals surface area contributed by atoms with E-state index in [1.54, 1.807) is 0 Å². The minimum atomic E-state index is 0.347. The first-order valence-corrected chi connectivity index (χ1v) is 12.7. The van der Waals surface area contributed by atoms with Gasteiger partial charge in [0, 0.05) is 55.7 Å². The quantitative estimate of drug-likeness (QED) is 0.451. The Hall–Kier alpha value is -2.67. The van der Waals surface area contributed by atoms with Crippen LogP contribution in [0, 0.1) is 5.41 Å². The van der Waals surface area contributed by atoms with E-state index in [0.717, 1.165) is 77.1 Å². The average molecular weight is 475 g/mol. The van der Waals surface area contributed by atoms with Gasteiger partial charge in [0.1, 0.15) is 0 Å². The molecule has 4 aromatic rings. The minimum Gasteiger partial charge on any atom is -0.314 e. The summed E-state index contributed by atoms with van der Waals surface area (Å²) in [7, 11) is 1.99. The lowest BCUT2D eigenvalue weighted by atomic mass is 9.89. The second-order valence-corrected chi connectivity index (χ2v) is 10.2. The average Bonchev–Trinajstić information content (AvgIpc) is 3.15. The van der Waals surface area contributed by atoms with Crippen molar-refractivity contribution in [3.05, 3.63) is 59.3 Å². The highest BCUT2D eigenvalue weighted by Gasteiger charge is 2.29. The normalized spacial score (nSPS) is 21.9. The molecule has 2 N–H and O–H groups in total. The second kappa shape index (κ2) is 8.84. The van der Waals surface area contributed by atoms with Gasteiger partial charge in [-0.15, -0.1) is 0 Å². The molecule has 1 saturated carbocycles. The predicted octanol–water partition coefficient (Wildman–Crippen LogP) is 4.72. The zero-order chi connectivity index (χ0) is 23.2. The number of piperazine rings is 1. The first-order valence-electron chi connectivity index (χ1n) is 12.3. The van der Waals surface area contributed by atoms with Crippen LogP contribution in [-0.4, -0.2) is 51.2 Å². The van der Waals surface area contributed by atoms with Crippen LogP contribution in [0.25, 0.3) is 33.1 Å². The van der Waals surface area contributed by atoms with Gasteiger partial charge in [0.15, 0.2) is 0 Å². The van der Waals surface area contributed by atoms with Gasteiger partial charge in [-0.2, -0.15) is 0 Å². The molecule has 34 heavy (non-hydrogen) atoms. The molecule has 1 aliphatic carbocycles. The molecule has 2 aromatic heterocycles. The van der Waals surface area contributed by atoms with E-state index in [0.29, 0.717) is 17.7 Å². The standard InChI is InChI=1S/C27H31ClN6/c1-32-25-17-31-24-11-4-19(18-2-5-20(28)6-3-18)16-23(24)26(25)34(27(32)29)22-9-7-21(8-10-22)33-14-12-30-13-15-33/h2-6,11,16-17,21-22,29-30H,7-10,12-15H2,1H3. The number of halogens is 1. The number of aryl methyl sites for hydroxylation is 1. The van der Waals surface area contributed by atoms with Crippen LogP contribution in [0.4, 0.5) is 0 Å². The third-order valence-electron chi connectivity index (χ3n) is 7.85. The molecule has 0 bridgehead atoms. The Morgan fingerprint density at radius 3 is 2.35 bits per heavy atom. The number of nitrogens with zero attached hydrogens (tertiary/aromatic N) is 4. The van der Waals surface area contributed by atoms with Crippen molar-refractivity contribution in [1.29, 1.82) is 5.41 Å². The maximum absolute atomic E-state index is 8.99. The van der Waals surface area contributed by atoms with Crippen LogP contribution in [0.1, 0.15) is 31.7 Å². The van der Waals surface area contributed by atoms with Gasteiger partial charge in [-0.3, -0.25) is 15.3 Å². The minimum absolute atomic E-state index is 0.347. The molecule has 0 unspecified atom stereocenters. The summed E-state index contributed by atoms with van der Waals surface area (Å²) in [6.07, 6.45) is 6.56. The van der Waals surface area contributed by atoms with Crippen LogP contribution >= 0.6 is 11.6 Å². The molecule has 6 rings (SSSR count). The highest BCUT2D eigenvalue weighted by molar-refractivity contribution is 6.30. The Labute approximate surface area is 204 Å². The molecule has 0 spiro atoms. The molecule has 176 valence electrons. The molecular weight excluding hydrogens is 444 g/mol. The number of nitrogens with one attached hydrogen (secondary N) is 2. The smallest absolute Gasteiger partial charge is 0.203 e. The predicted molar refractivity (Wildman–Crippen MR) is 138 cm³/mol.